The lowest BCUT2D eigenvalue weighted by Gasteiger charge is -2.21. The fourth-order valence-electron chi connectivity index (χ4n) is 2.49. The molecule has 1 fully saturated rings. The molecule has 4 heteroatoms. The Balaban J connectivity index is 1.87. The van der Waals surface area contributed by atoms with E-state index in [9.17, 15) is 0 Å². The maximum atomic E-state index is 5.29. The van der Waals surface area contributed by atoms with E-state index >= 15 is 0 Å². The molecule has 0 radical (unpaired) electrons. The van der Waals surface area contributed by atoms with Crippen molar-refractivity contribution in [3.05, 3.63) is 11.7 Å². The molecule has 1 saturated carbocycles. The Morgan fingerprint density at radius 1 is 1.35 bits per heavy atom. The second-order valence-corrected chi connectivity index (χ2v) is 5.56. The Hall–Kier alpha value is -0.900. The summed E-state index contributed by atoms with van der Waals surface area (Å²) in [6.45, 7) is 5.12. The second kappa shape index (κ2) is 5.63. The first-order chi connectivity index (χ1) is 8.15. The third kappa shape index (κ3) is 3.53. The van der Waals surface area contributed by atoms with Crippen LogP contribution in [0.25, 0.3) is 0 Å². The molecule has 0 aliphatic heterocycles. The maximum absolute atomic E-state index is 5.29. The van der Waals surface area contributed by atoms with Crippen LogP contribution in [0.5, 0.6) is 0 Å². The average molecular weight is 237 g/mol. The van der Waals surface area contributed by atoms with Gasteiger partial charge in [0.1, 0.15) is 0 Å². The van der Waals surface area contributed by atoms with Gasteiger partial charge in [0.15, 0.2) is 5.82 Å². The van der Waals surface area contributed by atoms with Gasteiger partial charge in [0, 0.05) is 12.5 Å². The average Bonchev–Trinajstić information content (AvgIpc) is 2.87. The van der Waals surface area contributed by atoms with Crippen LogP contribution in [-0.2, 0) is 13.0 Å². The quantitative estimate of drug-likeness (QED) is 0.789. The molecule has 1 aliphatic carbocycles. The van der Waals surface area contributed by atoms with Crippen molar-refractivity contribution < 1.29 is 4.52 Å². The standard InChI is InChI=1S/C13H23N3O/c1-10(2)8-12-14-13(17-15-12)9-16(3)11-6-4-5-7-11/h10-11H,4-9H2,1-3H3. The predicted octanol–water partition coefficient (Wildman–Crippen LogP) is 2.64. The van der Waals surface area contributed by atoms with Crippen molar-refractivity contribution in [3.63, 3.8) is 0 Å². The molecule has 1 heterocycles. The van der Waals surface area contributed by atoms with Crippen molar-refractivity contribution in [1.82, 2.24) is 15.0 Å². The molecule has 0 N–H and O–H groups in total. The first-order valence-electron chi connectivity index (χ1n) is 6.67. The third-order valence-corrected chi connectivity index (χ3v) is 3.43. The fraction of sp³-hybridized carbons (Fsp3) is 0.846. The van der Waals surface area contributed by atoms with Crippen molar-refractivity contribution in [2.24, 2.45) is 5.92 Å². The molecule has 1 aromatic heterocycles. The number of rotatable bonds is 5. The van der Waals surface area contributed by atoms with Crippen molar-refractivity contribution >= 4 is 0 Å². The van der Waals surface area contributed by atoms with Crippen molar-refractivity contribution in [1.29, 1.82) is 0 Å². The highest BCUT2D eigenvalue weighted by molar-refractivity contribution is 4.88. The topological polar surface area (TPSA) is 42.2 Å². The monoisotopic (exact) mass is 237 g/mol. The minimum atomic E-state index is 0.577. The Morgan fingerprint density at radius 2 is 2.06 bits per heavy atom. The fourth-order valence-corrected chi connectivity index (χ4v) is 2.49. The molecule has 0 bridgehead atoms. The van der Waals surface area contributed by atoms with Gasteiger partial charge in [0.2, 0.25) is 5.89 Å². The van der Waals surface area contributed by atoms with E-state index in [1.807, 2.05) is 0 Å². The molecule has 2 rings (SSSR count). The minimum Gasteiger partial charge on any atom is -0.338 e. The summed E-state index contributed by atoms with van der Waals surface area (Å²) >= 11 is 0. The van der Waals surface area contributed by atoms with Gasteiger partial charge in [-0.2, -0.15) is 4.98 Å². The number of nitrogens with zero attached hydrogens (tertiary/aromatic N) is 3. The molecule has 0 saturated heterocycles. The van der Waals surface area contributed by atoms with E-state index in [1.54, 1.807) is 0 Å². The highest BCUT2D eigenvalue weighted by atomic mass is 16.5. The molecule has 0 spiro atoms. The summed E-state index contributed by atoms with van der Waals surface area (Å²) in [4.78, 5) is 6.79. The highest BCUT2D eigenvalue weighted by Gasteiger charge is 2.21. The molecule has 4 nitrogen and oxygen atoms in total. The van der Waals surface area contributed by atoms with Crippen LogP contribution in [0.2, 0.25) is 0 Å². The SMILES string of the molecule is CC(C)Cc1noc(CN(C)C2CCCC2)n1. The summed E-state index contributed by atoms with van der Waals surface area (Å²) in [6.07, 6.45) is 6.23. The third-order valence-electron chi connectivity index (χ3n) is 3.43. The van der Waals surface area contributed by atoms with Crippen LogP contribution in [0.4, 0.5) is 0 Å². The molecule has 96 valence electrons. The predicted molar refractivity (Wildman–Crippen MR) is 66.6 cm³/mol. The first-order valence-corrected chi connectivity index (χ1v) is 6.67. The van der Waals surface area contributed by atoms with Gasteiger partial charge in [0.25, 0.3) is 0 Å². The number of aromatic nitrogens is 2. The van der Waals surface area contributed by atoms with E-state index in [1.165, 1.54) is 25.7 Å². The molecule has 17 heavy (non-hydrogen) atoms. The molecular formula is C13H23N3O. The van der Waals surface area contributed by atoms with Crippen LogP contribution in [-0.4, -0.2) is 28.1 Å². The summed E-state index contributed by atoms with van der Waals surface area (Å²) in [5.74, 6) is 2.18. The van der Waals surface area contributed by atoms with Crippen LogP contribution >= 0.6 is 0 Å². The molecular weight excluding hydrogens is 214 g/mol. The second-order valence-electron chi connectivity index (χ2n) is 5.56. The van der Waals surface area contributed by atoms with Gasteiger partial charge < -0.3 is 4.52 Å². The van der Waals surface area contributed by atoms with Gasteiger partial charge >= 0.3 is 0 Å². The maximum Gasteiger partial charge on any atom is 0.240 e. The van der Waals surface area contributed by atoms with E-state index in [0.717, 1.165) is 24.7 Å². The lowest BCUT2D eigenvalue weighted by molar-refractivity contribution is 0.205. The minimum absolute atomic E-state index is 0.577. The first kappa shape index (κ1) is 12.6. The summed E-state index contributed by atoms with van der Waals surface area (Å²) in [7, 11) is 2.16. The Morgan fingerprint density at radius 3 is 2.71 bits per heavy atom. The van der Waals surface area contributed by atoms with Crippen LogP contribution < -0.4 is 0 Å². The highest BCUT2D eigenvalue weighted by Crippen LogP contribution is 2.23. The number of hydrogen-bond acceptors (Lipinski definition) is 4. The lowest BCUT2D eigenvalue weighted by atomic mass is 10.1. The van der Waals surface area contributed by atoms with E-state index in [2.05, 4.69) is 35.9 Å². The summed E-state index contributed by atoms with van der Waals surface area (Å²) in [5.41, 5.74) is 0. The largest absolute Gasteiger partial charge is 0.338 e. The zero-order chi connectivity index (χ0) is 12.3. The van der Waals surface area contributed by atoms with E-state index in [-0.39, 0.29) is 0 Å². The van der Waals surface area contributed by atoms with Crippen LogP contribution in [0.15, 0.2) is 4.52 Å². The van der Waals surface area contributed by atoms with Crippen molar-refractivity contribution in [2.75, 3.05) is 7.05 Å². The Kier molecular flexibility index (Phi) is 4.15. The van der Waals surface area contributed by atoms with Crippen LogP contribution in [0, 0.1) is 5.92 Å². The molecule has 0 aromatic carbocycles. The summed E-state index contributed by atoms with van der Waals surface area (Å²) in [5, 5.41) is 4.02. The van der Waals surface area contributed by atoms with Gasteiger partial charge in [0.05, 0.1) is 6.54 Å². The van der Waals surface area contributed by atoms with Gasteiger partial charge in [-0.1, -0.05) is 31.8 Å². The van der Waals surface area contributed by atoms with E-state index in [0.29, 0.717) is 12.0 Å². The zero-order valence-electron chi connectivity index (χ0n) is 11.1. The van der Waals surface area contributed by atoms with Crippen molar-refractivity contribution in [2.45, 2.75) is 58.5 Å². The zero-order valence-corrected chi connectivity index (χ0v) is 11.1. The Labute approximate surface area is 103 Å². The molecule has 1 aromatic rings. The van der Waals surface area contributed by atoms with Gasteiger partial charge in [-0.25, -0.2) is 0 Å². The van der Waals surface area contributed by atoms with E-state index < -0.39 is 0 Å². The number of hydrogen-bond donors (Lipinski definition) is 0. The summed E-state index contributed by atoms with van der Waals surface area (Å²) < 4.78 is 5.29. The normalized spacial score (nSPS) is 17.5. The van der Waals surface area contributed by atoms with Gasteiger partial charge in [-0.3, -0.25) is 4.90 Å². The molecule has 0 amide bonds. The van der Waals surface area contributed by atoms with Crippen LogP contribution in [0.1, 0.15) is 51.2 Å². The van der Waals surface area contributed by atoms with Gasteiger partial charge in [-0.15, -0.1) is 0 Å². The van der Waals surface area contributed by atoms with Gasteiger partial charge in [-0.05, 0) is 25.8 Å². The lowest BCUT2D eigenvalue weighted by Crippen LogP contribution is -2.28. The smallest absolute Gasteiger partial charge is 0.240 e. The Bertz CT molecular complexity index is 342. The molecule has 0 atom stereocenters. The van der Waals surface area contributed by atoms with E-state index in [4.69, 9.17) is 4.52 Å². The molecule has 1 aliphatic rings. The summed E-state index contributed by atoms with van der Waals surface area (Å²) in [6, 6.07) is 0.704. The van der Waals surface area contributed by atoms with Crippen LogP contribution in [0.3, 0.4) is 0 Å². The van der Waals surface area contributed by atoms with Crippen molar-refractivity contribution in [3.8, 4) is 0 Å². The molecule has 0 unspecified atom stereocenters.